The minimum Gasteiger partial charge on any atom is -0.480 e. The Bertz CT molecular complexity index is 152. The normalized spacial score (nSPS) is 14.3. The van der Waals surface area contributed by atoms with Crippen molar-refractivity contribution >= 4 is 5.97 Å². The number of rotatable bonds is 4. The molecule has 0 aromatic carbocycles. The molecular formula is C8H18N2O2. The summed E-state index contributed by atoms with van der Waals surface area (Å²) in [5.41, 5.74) is 5.45. The maximum atomic E-state index is 10.3. The summed E-state index contributed by atoms with van der Waals surface area (Å²) in [5.74, 6) is -0.962. The van der Waals surface area contributed by atoms with E-state index in [0.29, 0.717) is 6.54 Å². The van der Waals surface area contributed by atoms with Crippen LogP contribution in [-0.4, -0.2) is 30.2 Å². The summed E-state index contributed by atoms with van der Waals surface area (Å²) in [7, 11) is 0. The van der Waals surface area contributed by atoms with Gasteiger partial charge >= 0.3 is 5.97 Å². The Hall–Kier alpha value is -0.610. The fourth-order valence-corrected chi connectivity index (χ4v) is 0.690. The zero-order chi connectivity index (χ0) is 9.78. The van der Waals surface area contributed by atoms with Gasteiger partial charge in [-0.3, -0.25) is 4.79 Å². The molecule has 0 amide bonds. The molecule has 0 heterocycles. The Balaban J connectivity index is 3.51. The van der Waals surface area contributed by atoms with Gasteiger partial charge in [0.15, 0.2) is 0 Å². The van der Waals surface area contributed by atoms with Gasteiger partial charge in [-0.25, -0.2) is 0 Å². The SMILES string of the molecule is CC(C)(C)CNC[C@@H](N)C(=O)O. The average Bonchev–Trinajstić information content (AvgIpc) is 1.84. The van der Waals surface area contributed by atoms with E-state index < -0.39 is 12.0 Å². The number of nitrogens with two attached hydrogens (primary N) is 1. The van der Waals surface area contributed by atoms with Gasteiger partial charge in [-0.05, 0) is 5.41 Å². The van der Waals surface area contributed by atoms with Gasteiger partial charge in [0.25, 0.3) is 0 Å². The Labute approximate surface area is 73.1 Å². The molecule has 0 aromatic heterocycles. The Morgan fingerprint density at radius 1 is 1.58 bits per heavy atom. The van der Waals surface area contributed by atoms with Crippen molar-refractivity contribution in [3.63, 3.8) is 0 Å². The monoisotopic (exact) mass is 174 g/mol. The quantitative estimate of drug-likeness (QED) is 0.562. The summed E-state index contributed by atoms with van der Waals surface area (Å²) in [6.45, 7) is 7.32. The molecule has 4 heteroatoms. The number of carboxylic acids is 1. The number of carboxylic acid groups (broad SMARTS) is 1. The highest BCUT2D eigenvalue weighted by Crippen LogP contribution is 2.09. The molecule has 0 fully saturated rings. The third-order valence-electron chi connectivity index (χ3n) is 1.34. The van der Waals surface area contributed by atoms with Crippen LogP contribution in [0.1, 0.15) is 20.8 Å². The number of hydrogen-bond acceptors (Lipinski definition) is 3. The molecule has 0 aromatic rings. The number of nitrogens with one attached hydrogen (secondary N) is 1. The van der Waals surface area contributed by atoms with Crippen molar-refractivity contribution in [2.45, 2.75) is 26.8 Å². The van der Waals surface area contributed by atoms with E-state index in [1.54, 1.807) is 0 Å². The van der Waals surface area contributed by atoms with Gasteiger partial charge < -0.3 is 16.2 Å². The molecule has 0 aliphatic heterocycles. The highest BCUT2D eigenvalue weighted by molar-refractivity contribution is 5.73. The second-order valence-electron chi connectivity index (χ2n) is 4.14. The standard InChI is InChI=1S/C8H18N2O2/c1-8(2,3)5-10-4-6(9)7(11)12/h6,10H,4-5,9H2,1-3H3,(H,11,12)/t6-/m1/s1. The third kappa shape index (κ3) is 6.12. The van der Waals surface area contributed by atoms with E-state index in [9.17, 15) is 4.79 Å². The highest BCUT2D eigenvalue weighted by atomic mass is 16.4. The van der Waals surface area contributed by atoms with Gasteiger partial charge in [0.05, 0.1) is 0 Å². The number of carbonyl (C=O) groups is 1. The molecule has 4 nitrogen and oxygen atoms in total. The molecule has 12 heavy (non-hydrogen) atoms. The predicted octanol–water partition coefficient (Wildman–Crippen LogP) is 0.0340. The summed E-state index contributed by atoms with van der Waals surface area (Å²) in [6, 6.07) is -0.799. The van der Waals surface area contributed by atoms with Crippen LogP contribution in [0.15, 0.2) is 0 Å². The van der Waals surface area contributed by atoms with Crippen LogP contribution >= 0.6 is 0 Å². The van der Waals surface area contributed by atoms with Gasteiger partial charge in [-0.15, -0.1) is 0 Å². The second kappa shape index (κ2) is 4.42. The van der Waals surface area contributed by atoms with Crippen molar-refractivity contribution in [2.24, 2.45) is 11.1 Å². The zero-order valence-corrected chi connectivity index (χ0v) is 7.92. The van der Waals surface area contributed by atoms with Crippen LogP contribution in [0.5, 0.6) is 0 Å². The predicted molar refractivity (Wildman–Crippen MR) is 47.9 cm³/mol. The lowest BCUT2D eigenvalue weighted by Gasteiger charge is -2.19. The van der Waals surface area contributed by atoms with Crippen LogP contribution in [0.25, 0.3) is 0 Å². The Morgan fingerprint density at radius 3 is 2.42 bits per heavy atom. The van der Waals surface area contributed by atoms with Crippen molar-refractivity contribution in [1.29, 1.82) is 0 Å². The molecule has 0 saturated heterocycles. The van der Waals surface area contributed by atoms with E-state index in [2.05, 4.69) is 26.1 Å². The first kappa shape index (κ1) is 11.4. The molecular weight excluding hydrogens is 156 g/mol. The molecule has 1 atom stereocenters. The first-order valence-corrected chi connectivity index (χ1v) is 4.02. The molecule has 0 rings (SSSR count). The van der Waals surface area contributed by atoms with Crippen LogP contribution in [-0.2, 0) is 4.79 Å². The van der Waals surface area contributed by atoms with E-state index in [0.717, 1.165) is 6.54 Å². The van der Waals surface area contributed by atoms with E-state index in [4.69, 9.17) is 10.8 Å². The van der Waals surface area contributed by atoms with Crippen molar-refractivity contribution in [3.05, 3.63) is 0 Å². The molecule has 0 aliphatic carbocycles. The van der Waals surface area contributed by atoms with E-state index in [1.165, 1.54) is 0 Å². The third-order valence-corrected chi connectivity index (χ3v) is 1.34. The minimum atomic E-state index is -0.962. The topological polar surface area (TPSA) is 75.3 Å². The van der Waals surface area contributed by atoms with Gasteiger partial charge in [0, 0.05) is 13.1 Å². The van der Waals surface area contributed by atoms with E-state index >= 15 is 0 Å². The average molecular weight is 174 g/mol. The zero-order valence-electron chi connectivity index (χ0n) is 7.92. The number of aliphatic carboxylic acids is 1. The van der Waals surface area contributed by atoms with Gasteiger partial charge in [0.2, 0.25) is 0 Å². The Kier molecular flexibility index (Phi) is 4.20. The second-order valence-corrected chi connectivity index (χ2v) is 4.14. The van der Waals surface area contributed by atoms with Crippen LogP contribution in [0.3, 0.4) is 0 Å². The molecule has 0 spiro atoms. The van der Waals surface area contributed by atoms with Crippen LogP contribution in [0.2, 0.25) is 0 Å². The van der Waals surface area contributed by atoms with Crippen LogP contribution in [0.4, 0.5) is 0 Å². The largest absolute Gasteiger partial charge is 0.480 e. The molecule has 0 aliphatic rings. The smallest absolute Gasteiger partial charge is 0.321 e. The fourth-order valence-electron chi connectivity index (χ4n) is 0.690. The molecule has 72 valence electrons. The van der Waals surface area contributed by atoms with Crippen LogP contribution < -0.4 is 11.1 Å². The van der Waals surface area contributed by atoms with Crippen molar-refractivity contribution in [3.8, 4) is 0 Å². The first-order chi connectivity index (χ1) is 5.33. The molecule has 0 unspecified atom stereocenters. The van der Waals surface area contributed by atoms with Gasteiger partial charge in [-0.2, -0.15) is 0 Å². The molecule has 0 bridgehead atoms. The summed E-state index contributed by atoms with van der Waals surface area (Å²) >= 11 is 0. The summed E-state index contributed by atoms with van der Waals surface area (Å²) in [5, 5.41) is 11.4. The first-order valence-electron chi connectivity index (χ1n) is 4.02. The van der Waals surface area contributed by atoms with Crippen molar-refractivity contribution in [1.82, 2.24) is 5.32 Å². The fraction of sp³-hybridized carbons (Fsp3) is 0.875. The van der Waals surface area contributed by atoms with E-state index in [1.807, 2.05) is 0 Å². The highest BCUT2D eigenvalue weighted by Gasteiger charge is 2.13. The Morgan fingerprint density at radius 2 is 2.08 bits per heavy atom. The summed E-state index contributed by atoms with van der Waals surface area (Å²) in [4.78, 5) is 10.3. The summed E-state index contributed by atoms with van der Waals surface area (Å²) in [6.07, 6.45) is 0. The maximum Gasteiger partial charge on any atom is 0.321 e. The van der Waals surface area contributed by atoms with Gasteiger partial charge in [0.1, 0.15) is 6.04 Å². The van der Waals surface area contributed by atoms with Crippen molar-refractivity contribution < 1.29 is 9.90 Å². The van der Waals surface area contributed by atoms with E-state index in [-0.39, 0.29) is 5.41 Å². The molecule has 0 saturated carbocycles. The lowest BCUT2D eigenvalue weighted by molar-refractivity contribution is -0.138. The summed E-state index contributed by atoms with van der Waals surface area (Å²) < 4.78 is 0. The lowest BCUT2D eigenvalue weighted by atomic mass is 9.97. The molecule has 0 radical (unpaired) electrons. The van der Waals surface area contributed by atoms with Crippen molar-refractivity contribution in [2.75, 3.05) is 13.1 Å². The van der Waals surface area contributed by atoms with Crippen LogP contribution in [0, 0.1) is 5.41 Å². The maximum absolute atomic E-state index is 10.3. The van der Waals surface area contributed by atoms with Gasteiger partial charge in [-0.1, -0.05) is 20.8 Å². The number of hydrogen-bond donors (Lipinski definition) is 3. The molecule has 4 N–H and O–H groups in total. The minimum absolute atomic E-state index is 0.165. The lowest BCUT2D eigenvalue weighted by Crippen LogP contribution is -2.42.